The summed E-state index contributed by atoms with van der Waals surface area (Å²) in [6.45, 7) is 6.01. The number of hydrogen-bond acceptors (Lipinski definition) is 3. The molecule has 0 aromatic heterocycles. The zero-order valence-corrected chi connectivity index (χ0v) is 13.8. The molecule has 1 aromatic rings. The molecule has 2 rings (SSSR count). The fraction of sp³-hybridized carbons (Fsp3) is 0.667. The van der Waals surface area contributed by atoms with Crippen LogP contribution in [0.5, 0.6) is 0 Å². The average molecular weight is 290 g/mol. The minimum atomic E-state index is 0.379. The van der Waals surface area contributed by atoms with E-state index in [4.69, 9.17) is 4.74 Å². The van der Waals surface area contributed by atoms with Crippen molar-refractivity contribution in [1.82, 2.24) is 10.2 Å². The summed E-state index contributed by atoms with van der Waals surface area (Å²) >= 11 is 0. The lowest BCUT2D eigenvalue weighted by Gasteiger charge is -2.24. The van der Waals surface area contributed by atoms with Gasteiger partial charge in [0.15, 0.2) is 0 Å². The molecule has 0 heterocycles. The molecule has 1 atom stereocenters. The Balaban J connectivity index is 1.73. The minimum absolute atomic E-state index is 0.379. The second kappa shape index (κ2) is 8.52. The first-order valence-electron chi connectivity index (χ1n) is 8.25. The van der Waals surface area contributed by atoms with E-state index in [1.54, 1.807) is 0 Å². The molecule has 1 aromatic carbocycles. The molecule has 1 fully saturated rings. The number of hydrogen-bond donors (Lipinski definition) is 1. The Kier molecular flexibility index (Phi) is 6.68. The molecule has 0 radical (unpaired) electrons. The smallest absolute Gasteiger partial charge is 0.0593 e. The van der Waals surface area contributed by atoms with Gasteiger partial charge in [0.05, 0.1) is 6.61 Å². The van der Waals surface area contributed by atoms with Crippen LogP contribution >= 0.6 is 0 Å². The molecular weight excluding hydrogens is 260 g/mol. The van der Waals surface area contributed by atoms with E-state index < -0.39 is 0 Å². The Morgan fingerprint density at radius 3 is 2.57 bits per heavy atom. The maximum atomic E-state index is 5.72. The third kappa shape index (κ3) is 5.77. The van der Waals surface area contributed by atoms with E-state index in [-0.39, 0.29) is 0 Å². The van der Waals surface area contributed by atoms with E-state index in [1.165, 1.54) is 24.0 Å². The van der Waals surface area contributed by atoms with Gasteiger partial charge in [-0.3, -0.25) is 0 Å². The van der Waals surface area contributed by atoms with E-state index in [0.717, 1.165) is 38.6 Å². The number of ether oxygens (including phenoxy) is 1. The van der Waals surface area contributed by atoms with Crippen molar-refractivity contribution in [2.45, 2.75) is 32.2 Å². The first kappa shape index (κ1) is 16.5. The summed E-state index contributed by atoms with van der Waals surface area (Å²) in [7, 11) is 4.21. The quantitative estimate of drug-likeness (QED) is 0.671. The number of nitrogens with one attached hydrogen (secondary N) is 1. The summed E-state index contributed by atoms with van der Waals surface area (Å²) in [5.74, 6) is 0.859. The second-order valence-corrected chi connectivity index (χ2v) is 6.22. The molecule has 3 heteroatoms. The van der Waals surface area contributed by atoms with Crippen LogP contribution in [0.4, 0.5) is 0 Å². The predicted octanol–water partition coefficient (Wildman–Crippen LogP) is 2.87. The van der Waals surface area contributed by atoms with Gasteiger partial charge in [0.2, 0.25) is 0 Å². The van der Waals surface area contributed by atoms with Crippen LogP contribution in [0.3, 0.4) is 0 Å². The van der Waals surface area contributed by atoms with Crippen molar-refractivity contribution < 1.29 is 4.74 Å². The SMILES string of the molecule is CCc1ccc(C(CN(C)CCOCC2CC2)NC)cc1. The Morgan fingerprint density at radius 2 is 2.00 bits per heavy atom. The molecule has 21 heavy (non-hydrogen) atoms. The van der Waals surface area contributed by atoms with Crippen LogP contribution in [-0.4, -0.2) is 45.3 Å². The lowest BCUT2D eigenvalue weighted by molar-refractivity contribution is 0.101. The summed E-state index contributed by atoms with van der Waals surface area (Å²) in [6, 6.07) is 9.34. The average Bonchev–Trinajstić information content (AvgIpc) is 3.33. The van der Waals surface area contributed by atoms with Gasteiger partial charge in [-0.15, -0.1) is 0 Å². The number of likely N-dealkylation sites (N-methyl/N-ethyl adjacent to an activating group) is 2. The molecule has 0 amide bonds. The molecule has 1 saturated carbocycles. The normalized spacial score (nSPS) is 16.4. The van der Waals surface area contributed by atoms with Crippen molar-refractivity contribution in [3.05, 3.63) is 35.4 Å². The molecule has 1 aliphatic carbocycles. The molecule has 0 spiro atoms. The van der Waals surface area contributed by atoms with Crippen LogP contribution in [0.15, 0.2) is 24.3 Å². The number of benzene rings is 1. The Hall–Kier alpha value is -0.900. The van der Waals surface area contributed by atoms with Gasteiger partial charge in [-0.2, -0.15) is 0 Å². The third-order valence-corrected chi connectivity index (χ3v) is 4.30. The molecule has 0 saturated heterocycles. The van der Waals surface area contributed by atoms with Crippen LogP contribution in [0.2, 0.25) is 0 Å². The van der Waals surface area contributed by atoms with Gasteiger partial charge in [0.25, 0.3) is 0 Å². The van der Waals surface area contributed by atoms with Crippen molar-refractivity contribution >= 4 is 0 Å². The molecule has 1 aliphatic rings. The molecule has 1 N–H and O–H groups in total. The summed E-state index contributed by atoms with van der Waals surface area (Å²) in [4.78, 5) is 2.35. The van der Waals surface area contributed by atoms with Crippen molar-refractivity contribution in [1.29, 1.82) is 0 Å². The molecule has 118 valence electrons. The predicted molar refractivity (Wildman–Crippen MR) is 88.7 cm³/mol. The lowest BCUT2D eigenvalue weighted by atomic mass is 10.0. The van der Waals surface area contributed by atoms with Crippen molar-refractivity contribution in [2.75, 3.05) is 40.4 Å². The fourth-order valence-electron chi connectivity index (χ4n) is 2.51. The van der Waals surface area contributed by atoms with Crippen LogP contribution < -0.4 is 5.32 Å². The summed E-state index contributed by atoms with van der Waals surface area (Å²) in [6.07, 6.45) is 3.83. The number of aryl methyl sites for hydroxylation is 1. The zero-order valence-electron chi connectivity index (χ0n) is 13.8. The monoisotopic (exact) mass is 290 g/mol. The van der Waals surface area contributed by atoms with Gasteiger partial charge in [-0.1, -0.05) is 31.2 Å². The van der Waals surface area contributed by atoms with E-state index >= 15 is 0 Å². The van der Waals surface area contributed by atoms with Crippen molar-refractivity contribution in [2.24, 2.45) is 5.92 Å². The minimum Gasteiger partial charge on any atom is -0.380 e. The number of nitrogens with zero attached hydrogens (tertiary/aromatic N) is 1. The highest BCUT2D eigenvalue weighted by atomic mass is 16.5. The van der Waals surface area contributed by atoms with Crippen LogP contribution in [-0.2, 0) is 11.2 Å². The van der Waals surface area contributed by atoms with Crippen molar-refractivity contribution in [3.63, 3.8) is 0 Å². The van der Waals surface area contributed by atoms with E-state index in [2.05, 4.69) is 48.5 Å². The Morgan fingerprint density at radius 1 is 1.29 bits per heavy atom. The van der Waals surface area contributed by atoms with Gasteiger partial charge in [0, 0.05) is 25.7 Å². The summed E-state index contributed by atoms with van der Waals surface area (Å²) < 4.78 is 5.72. The molecule has 3 nitrogen and oxygen atoms in total. The van der Waals surface area contributed by atoms with Crippen molar-refractivity contribution in [3.8, 4) is 0 Å². The first-order chi connectivity index (χ1) is 10.2. The van der Waals surface area contributed by atoms with Gasteiger partial charge in [-0.25, -0.2) is 0 Å². The van der Waals surface area contributed by atoms with Gasteiger partial charge < -0.3 is 15.0 Å². The third-order valence-electron chi connectivity index (χ3n) is 4.30. The van der Waals surface area contributed by atoms with Gasteiger partial charge >= 0.3 is 0 Å². The standard InChI is InChI=1S/C18H30N2O/c1-4-15-7-9-17(10-8-15)18(19-2)13-20(3)11-12-21-14-16-5-6-16/h7-10,16,18-19H,4-6,11-14H2,1-3H3. The largest absolute Gasteiger partial charge is 0.380 e. The Bertz CT molecular complexity index is 400. The maximum Gasteiger partial charge on any atom is 0.0593 e. The second-order valence-electron chi connectivity index (χ2n) is 6.22. The van der Waals surface area contributed by atoms with Crippen LogP contribution in [0, 0.1) is 5.92 Å². The topological polar surface area (TPSA) is 24.5 Å². The highest BCUT2D eigenvalue weighted by Crippen LogP contribution is 2.28. The molecule has 1 unspecified atom stereocenters. The van der Waals surface area contributed by atoms with Gasteiger partial charge in [0.1, 0.15) is 0 Å². The number of rotatable bonds is 10. The maximum absolute atomic E-state index is 5.72. The molecular formula is C18H30N2O. The summed E-state index contributed by atoms with van der Waals surface area (Å²) in [5, 5.41) is 3.42. The highest BCUT2D eigenvalue weighted by Gasteiger charge is 2.21. The van der Waals surface area contributed by atoms with E-state index in [0.29, 0.717) is 6.04 Å². The fourth-order valence-corrected chi connectivity index (χ4v) is 2.51. The van der Waals surface area contributed by atoms with E-state index in [1.807, 2.05) is 7.05 Å². The summed E-state index contributed by atoms with van der Waals surface area (Å²) in [5.41, 5.74) is 2.76. The zero-order chi connectivity index (χ0) is 15.1. The first-order valence-corrected chi connectivity index (χ1v) is 8.25. The molecule has 0 aliphatic heterocycles. The Labute approximate surface area is 129 Å². The lowest BCUT2D eigenvalue weighted by Crippen LogP contribution is -2.33. The molecule has 0 bridgehead atoms. The van der Waals surface area contributed by atoms with E-state index in [9.17, 15) is 0 Å². The van der Waals surface area contributed by atoms with Crippen LogP contribution in [0.1, 0.15) is 36.9 Å². The van der Waals surface area contributed by atoms with Crippen LogP contribution in [0.25, 0.3) is 0 Å². The van der Waals surface area contributed by atoms with Gasteiger partial charge in [-0.05, 0) is 50.4 Å². The highest BCUT2D eigenvalue weighted by molar-refractivity contribution is 5.25.